The molecule has 0 aliphatic carbocycles. The number of hydrogen-bond acceptors (Lipinski definition) is 4. The van der Waals surface area contributed by atoms with E-state index in [0.717, 1.165) is 18.7 Å². The fourth-order valence-corrected chi connectivity index (χ4v) is 4.98. The fraction of sp³-hybridized carbons (Fsp3) is 0.263. The number of fused-ring (bicyclic) bond motifs is 2. The Balaban J connectivity index is 1.83. The van der Waals surface area contributed by atoms with Crippen molar-refractivity contribution in [2.45, 2.75) is 17.4 Å². The molecule has 24 heavy (non-hydrogen) atoms. The van der Waals surface area contributed by atoms with E-state index in [0.29, 0.717) is 4.90 Å². The third-order valence-corrected chi connectivity index (χ3v) is 6.74. The molecular weight excluding hydrogens is 338 g/mol. The largest absolute Gasteiger partial charge is 0.301 e. The Morgan fingerprint density at radius 1 is 1.12 bits per heavy atom. The molecule has 1 atom stereocenters. The van der Waals surface area contributed by atoms with E-state index in [9.17, 15) is 8.42 Å². The molecule has 0 bridgehead atoms. The molecule has 0 radical (unpaired) electrons. The molecule has 1 aromatic heterocycles. The summed E-state index contributed by atoms with van der Waals surface area (Å²) >= 11 is 1.76. The van der Waals surface area contributed by atoms with Gasteiger partial charge in [-0.1, -0.05) is 12.1 Å². The van der Waals surface area contributed by atoms with Crippen molar-refractivity contribution in [3.63, 3.8) is 0 Å². The smallest absolute Gasteiger partial charge is 0.175 e. The first-order chi connectivity index (χ1) is 11.4. The summed E-state index contributed by atoms with van der Waals surface area (Å²) in [6, 6.07) is 14.4. The van der Waals surface area contributed by atoms with Crippen LogP contribution in [0.4, 0.5) is 0 Å². The van der Waals surface area contributed by atoms with Crippen molar-refractivity contribution in [2.75, 3.05) is 19.8 Å². The summed E-state index contributed by atoms with van der Waals surface area (Å²) in [5.41, 5.74) is 3.65. The van der Waals surface area contributed by atoms with Gasteiger partial charge in [0.2, 0.25) is 0 Å². The summed E-state index contributed by atoms with van der Waals surface area (Å²) in [6.45, 7) is 1.73. The third kappa shape index (κ3) is 2.77. The quantitative estimate of drug-likeness (QED) is 0.698. The van der Waals surface area contributed by atoms with E-state index in [-0.39, 0.29) is 5.92 Å². The SMILES string of the molecule is CN1Cc2cc(S(C)(=O)=O)ccc2C(c2ccc3sccc3c2)C1. The summed E-state index contributed by atoms with van der Waals surface area (Å²) < 4.78 is 25.0. The zero-order valence-corrected chi connectivity index (χ0v) is 15.3. The molecule has 0 saturated heterocycles. The summed E-state index contributed by atoms with van der Waals surface area (Å²) in [5.74, 6) is 0.275. The van der Waals surface area contributed by atoms with Crippen LogP contribution in [0.15, 0.2) is 52.7 Å². The summed E-state index contributed by atoms with van der Waals surface area (Å²) in [7, 11) is -1.08. The van der Waals surface area contributed by atoms with Crippen LogP contribution in [0.5, 0.6) is 0 Å². The van der Waals surface area contributed by atoms with Crippen LogP contribution < -0.4 is 0 Å². The van der Waals surface area contributed by atoms with Crippen LogP contribution in [0.3, 0.4) is 0 Å². The Hall–Kier alpha value is -1.69. The van der Waals surface area contributed by atoms with Crippen molar-refractivity contribution < 1.29 is 8.42 Å². The molecular formula is C19H19NO2S2. The molecule has 1 unspecified atom stereocenters. The second kappa shape index (κ2) is 5.69. The lowest BCUT2D eigenvalue weighted by atomic mass is 9.84. The zero-order chi connectivity index (χ0) is 16.9. The van der Waals surface area contributed by atoms with Crippen molar-refractivity contribution in [1.82, 2.24) is 4.90 Å². The number of benzene rings is 2. The van der Waals surface area contributed by atoms with Crippen LogP contribution in [0.1, 0.15) is 22.6 Å². The predicted octanol–water partition coefficient (Wildman–Crippen LogP) is 3.88. The number of rotatable bonds is 2. The van der Waals surface area contributed by atoms with Gasteiger partial charge in [0.15, 0.2) is 9.84 Å². The third-order valence-electron chi connectivity index (χ3n) is 4.73. The molecule has 0 spiro atoms. The fourth-order valence-electron chi connectivity index (χ4n) is 3.54. The number of hydrogen-bond donors (Lipinski definition) is 0. The number of sulfone groups is 1. The molecule has 0 amide bonds. The van der Waals surface area contributed by atoms with Crippen molar-refractivity contribution >= 4 is 31.3 Å². The average Bonchev–Trinajstić information content (AvgIpc) is 3.00. The molecule has 124 valence electrons. The summed E-state index contributed by atoms with van der Waals surface area (Å²) in [5, 5.41) is 3.40. The molecule has 1 aliphatic heterocycles. The van der Waals surface area contributed by atoms with Crippen LogP contribution in [0.2, 0.25) is 0 Å². The maximum absolute atomic E-state index is 11.9. The Morgan fingerprint density at radius 2 is 1.96 bits per heavy atom. The van der Waals surface area contributed by atoms with E-state index in [1.165, 1.54) is 27.5 Å². The number of nitrogens with zero attached hydrogens (tertiary/aromatic N) is 1. The second-order valence-electron chi connectivity index (χ2n) is 6.60. The highest BCUT2D eigenvalue weighted by Crippen LogP contribution is 2.36. The minimum absolute atomic E-state index is 0.275. The molecule has 2 aromatic carbocycles. The molecule has 1 aliphatic rings. The van der Waals surface area contributed by atoms with Gasteiger partial charge in [-0.2, -0.15) is 0 Å². The van der Waals surface area contributed by atoms with E-state index in [2.05, 4.69) is 41.6 Å². The van der Waals surface area contributed by atoms with Crippen LogP contribution in [-0.2, 0) is 16.4 Å². The van der Waals surface area contributed by atoms with E-state index in [1.807, 2.05) is 12.1 Å². The monoisotopic (exact) mass is 357 g/mol. The van der Waals surface area contributed by atoms with E-state index in [1.54, 1.807) is 17.4 Å². The first kappa shape index (κ1) is 15.8. The Bertz CT molecular complexity index is 1020. The first-order valence-corrected chi connectivity index (χ1v) is 10.7. The molecule has 0 N–H and O–H groups in total. The molecule has 5 heteroatoms. The van der Waals surface area contributed by atoms with Crippen molar-refractivity contribution in [2.24, 2.45) is 0 Å². The average molecular weight is 358 g/mol. The van der Waals surface area contributed by atoms with Gasteiger partial charge in [-0.3, -0.25) is 0 Å². The maximum Gasteiger partial charge on any atom is 0.175 e. The van der Waals surface area contributed by atoms with E-state index >= 15 is 0 Å². The number of likely N-dealkylation sites (N-methyl/N-ethyl adjacent to an activating group) is 1. The predicted molar refractivity (Wildman–Crippen MR) is 99.6 cm³/mol. The van der Waals surface area contributed by atoms with Crippen molar-refractivity contribution in [1.29, 1.82) is 0 Å². The Morgan fingerprint density at radius 3 is 2.75 bits per heavy atom. The van der Waals surface area contributed by atoms with Gasteiger partial charge in [0.25, 0.3) is 0 Å². The minimum Gasteiger partial charge on any atom is -0.301 e. The normalized spacial score (nSPS) is 18.7. The lowest BCUT2D eigenvalue weighted by Gasteiger charge is -2.33. The highest BCUT2D eigenvalue weighted by Gasteiger charge is 2.26. The number of thiophene rings is 1. The van der Waals surface area contributed by atoms with Gasteiger partial charge in [0.1, 0.15) is 0 Å². The summed E-state index contributed by atoms with van der Waals surface area (Å²) in [4.78, 5) is 2.67. The molecule has 2 heterocycles. The lowest BCUT2D eigenvalue weighted by Crippen LogP contribution is -2.31. The van der Waals surface area contributed by atoms with Crippen LogP contribution in [-0.4, -0.2) is 33.2 Å². The Kier molecular flexibility index (Phi) is 3.75. The lowest BCUT2D eigenvalue weighted by molar-refractivity contribution is 0.295. The Labute approximate surface area is 146 Å². The van der Waals surface area contributed by atoms with Gasteiger partial charge in [-0.25, -0.2) is 8.42 Å². The van der Waals surface area contributed by atoms with Gasteiger partial charge in [0.05, 0.1) is 4.90 Å². The molecule has 3 aromatic rings. The van der Waals surface area contributed by atoms with Gasteiger partial charge >= 0.3 is 0 Å². The highest BCUT2D eigenvalue weighted by molar-refractivity contribution is 7.90. The van der Waals surface area contributed by atoms with Crippen molar-refractivity contribution in [3.8, 4) is 0 Å². The van der Waals surface area contributed by atoms with E-state index in [4.69, 9.17) is 0 Å². The molecule has 4 rings (SSSR count). The van der Waals surface area contributed by atoms with Gasteiger partial charge in [0, 0.05) is 30.0 Å². The second-order valence-corrected chi connectivity index (χ2v) is 9.56. The van der Waals surface area contributed by atoms with Crippen molar-refractivity contribution in [3.05, 3.63) is 64.5 Å². The molecule has 0 saturated carbocycles. The highest BCUT2D eigenvalue weighted by atomic mass is 32.2. The summed E-state index contributed by atoms with van der Waals surface area (Å²) in [6.07, 6.45) is 1.27. The molecule has 3 nitrogen and oxygen atoms in total. The van der Waals surface area contributed by atoms with E-state index < -0.39 is 9.84 Å². The van der Waals surface area contributed by atoms with Gasteiger partial charge < -0.3 is 4.90 Å². The minimum atomic E-state index is -3.17. The van der Waals surface area contributed by atoms with Gasteiger partial charge in [-0.05, 0) is 64.8 Å². The van der Waals surface area contributed by atoms with Crippen LogP contribution in [0.25, 0.3) is 10.1 Å². The first-order valence-electron chi connectivity index (χ1n) is 7.90. The van der Waals surface area contributed by atoms with Gasteiger partial charge in [-0.15, -0.1) is 11.3 Å². The zero-order valence-electron chi connectivity index (χ0n) is 13.7. The van der Waals surface area contributed by atoms with Crippen LogP contribution >= 0.6 is 11.3 Å². The van der Waals surface area contributed by atoms with Crippen LogP contribution in [0, 0.1) is 0 Å². The topological polar surface area (TPSA) is 37.4 Å². The molecule has 0 fully saturated rings. The standard InChI is InChI=1S/C19H19NO2S2/c1-20-11-15-10-16(24(2,21)22)4-5-17(15)18(12-20)13-3-6-19-14(9-13)7-8-23-19/h3-10,18H,11-12H2,1-2H3. The maximum atomic E-state index is 11.9.